The van der Waals surface area contributed by atoms with Crippen LogP contribution in [0, 0.1) is 13.8 Å². The third kappa shape index (κ3) is 4.91. The van der Waals surface area contributed by atoms with E-state index in [2.05, 4.69) is 20.5 Å². The molecule has 3 rings (SSSR count). The minimum atomic E-state index is -0.290. The number of benzene rings is 2. The summed E-state index contributed by atoms with van der Waals surface area (Å²) in [7, 11) is 2.99. The first-order valence-electron chi connectivity index (χ1n) is 9.15. The summed E-state index contributed by atoms with van der Waals surface area (Å²) >= 11 is 0. The summed E-state index contributed by atoms with van der Waals surface area (Å²) in [5, 5.41) is 4.09. The molecule has 0 aliphatic rings. The molecule has 0 atom stereocenters. The second-order valence-electron chi connectivity index (χ2n) is 6.34. The Hall–Kier alpha value is -3.94. The Morgan fingerprint density at radius 3 is 2.30 bits per heavy atom. The molecule has 3 aromatic rings. The van der Waals surface area contributed by atoms with E-state index in [0.29, 0.717) is 28.6 Å². The molecule has 8 heteroatoms. The van der Waals surface area contributed by atoms with Crippen molar-refractivity contribution >= 4 is 12.1 Å². The summed E-state index contributed by atoms with van der Waals surface area (Å²) in [5.74, 6) is 0.802. The van der Waals surface area contributed by atoms with Gasteiger partial charge >= 0.3 is 6.01 Å². The molecular weight excluding hydrogens is 384 g/mol. The quantitative estimate of drug-likeness (QED) is 0.475. The number of nitrogens with one attached hydrogen (secondary N) is 1. The van der Waals surface area contributed by atoms with Crippen LogP contribution < -0.4 is 19.6 Å². The number of nitrogens with zero attached hydrogens (tertiary/aromatic N) is 3. The second kappa shape index (κ2) is 9.51. The Morgan fingerprint density at radius 2 is 1.63 bits per heavy atom. The van der Waals surface area contributed by atoms with Gasteiger partial charge in [-0.15, -0.1) is 0 Å². The molecular formula is C22H22N4O4. The SMILES string of the molecule is COc1cc(OC)nc(Oc2cccc(C)c2C=NNC(=O)c2ccccc2C)n1. The van der Waals surface area contributed by atoms with Gasteiger partial charge in [0.05, 0.1) is 26.5 Å². The summed E-state index contributed by atoms with van der Waals surface area (Å²) < 4.78 is 16.1. The number of aryl methyl sites for hydroxylation is 2. The minimum absolute atomic E-state index is 0.0652. The van der Waals surface area contributed by atoms with Crippen molar-refractivity contribution in [1.29, 1.82) is 0 Å². The van der Waals surface area contributed by atoms with Gasteiger partial charge in [0.25, 0.3) is 5.91 Å². The summed E-state index contributed by atoms with van der Waals surface area (Å²) in [4.78, 5) is 20.7. The van der Waals surface area contributed by atoms with Crippen LogP contribution in [-0.2, 0) is 0 Å². The lowest BCUT2D eigenvalue weighted by Crippen LogP contribution is -2.18. The van der Waals surface area contributed by atoms with Gasteiger partial charge in [-0.3, -0.25) is 4.79 Å². The summed E-state index contributed by atoms with van der Waals surface area (Å²) in [5.41, 5.74) is 5.55. The topological polar surface area (TPSA) is 94.9 Å². The van der Waals surface area contributed by atoms with Crippen LogP contribution in [0.25, 0.3) is 0 Å². The predicted octanol–water partition coefficient (Wildman–Crippen LogP) is 3.67. The van der Waals surface area contributed by atoms with Crippen molar-refractivity contribution in [3.8, 4) is 23.5 Å². The number of rotatable bonds is 7. The highest BCUT2D eigenvalue weighted by molar-refractivity contribution is 5.96. The van der Waals surface area contributed by atoms with Crippen molar-refractivity contribution in [2.45, 2.75) is 13.8 Å². The first kappa shape index (κ1) is 20.8. The first-order valence-corrected chi connectivity index (χ1v) is 9.15. The highest BCUT2D eigenvalue weighted by Crippen LogP contribution is 2.27. The number of carbonyl (C=O) groups is 1. The minimum Gasteiger partial charge on any atom is -0.481 e. The molecule has 0 fully saturated rings. The Morgan fingerprint density at radius 1 is 0.967 bits per heavy atom. The van der Waals surface area contributed by atoms with E-state index in [4.69, 9.17) is 14.2 Å². The number of methoxy groups -OCH3 is 2. The van der Waals surface area contributed by atoms with Crippen LogP contribution in [0.15, 0.2) is 53.6 Å². The van der Waals surface area contributed by atoms with Crippen LogP contribution in [0.2, 0.25) is 0 Å². The number of hydrogen-bond donors (Lipinski definition) is 1. The van der Waals surface area contributed by atoms with E-state index in [1.807, 2.05) is 38.1 Å². The van der Waals surface area contributed by atoms with Gasteiger partial charge < -0.3 is 14.2 Å². The third-order valence-electron chi connectivity index (χ3n) is 4.31. The van der Waals surface area contributed by atoms with Crippen LogP contribution in [0.4, 0.5) is 0 Å². The number of hydrazone groups is 1. The van der Waals surface area contributed by atoms with Crippen LogP contribution in [-0.4, -0.2) is 36.3 Å². The van der Waals surface area contributed by atoms with E-state index in [0.717, 1.165) is 11.1 Å². The van der Waals surface area contributed by atoms with Crippen molar-refractivity contribution in [3.05, 3.63) is 70.8 Å². The molecule has 1 heterocycles. The van der Waals surface area contributed by atoms with E-state index in [-0.39, 0.29) is 11.9 Å². The van der Waals surface area contributed by atoms with Crippen LogP contribution in [0.1, 0.15) is 27.0 Å². The average Bonchev–Trinajstić information content (AvgIpc) is 2.75. The zero-order valence-corrected chi connectivity index (χ0v) is 17.2. The highest BCUT2D eigenvalue weighted by atomic mass is 16.5. The van der Waals surface area contributed by atoms with Gasteiger partial charge in [-0.1, -0.05) is 30.3 Å². The van der Waals surface area contributed by atoms with E-state index >= 15 is 0 Å². The molecule has 8 nitrogen and oxygen atoms in total. The number of aromatic nitrogens is 2. The molecule has 30 heavy (non-hydrogen) atoms. The van der Waals surface area contributed by atoms with E-state index in [1.54, 1.807) is 24.3 Å². The molecule has 1 aromatic heterocycles. The highest BCUT2D eigenvalue weighted by Gasteiger charge is 2.12. The van der Waals surface area contributed by atoms with Crippen molar-refractivity contribution in [2.75, 3.05) is 14.2 Å². The first-order chi connectivity index (χ1) is 14.5. The maximum absolute atomic E-state index is 12.4. The van der Waals surface area contributed by atoms with E-state index in [9.17, 15) is 4.79 Å². The molecule has 0 bridgehead atoms. The fourth-order valence-electron chi connectivity index (χ4n) is 2.69. The fourth-order valence-corrected chi connectivity index (χ4v) is 2.69. The number of ether oxygens (including phenoxy) is 3. The third-order valence-corrected chi connectivity index (χ3v) is 4.31. The van der Waals surface area contributed by atoms with Crippen molar-refractivity contribution in [2.24, 2.45) is 5.10 Å². The maximum atomic E-state index is 12.4. The number of amides is 1. The zero-order chi connectivity index (χ0) is 21.5. The molecule has 0 unspecified atom stereocenters. The Bertz CT molecular complexity index is 1060. The molecule has 154 valence electrons. The molecule has 0 saturated heterocycles. The number of hydrogen-bond acceptors (Lipinski definition) is 7. The lowest BCUT2D eigenvalue weighted by Gasteiger charge is -2.11. The smallest absolute Gasteiger partial charge is 0.328 e. The predicted molar refractivity (Wildman–Crippen MR) is 113 cm³/mol. The fraction of sp³-hybridized carbons (Fsp3) is 0.182. The molecule has 0 aliphatic heterocycles. The molecule has 2 aromatic carbocycles. The Balaban J connectivity index is 1.82. The number of carbonyl (C=O) groups excluding carboxylic acids is 1. The monoisotopic (exact) mass is 406 g/mol. The normalized spacial score (nSPS) is 10.7. The van der Waals surface area contributed by atoms with Crippen molar-refractivity contribution < 1.29 is 19.0 Å². The van der Waals surface area contributed by atoms with E-state index in [1.165, 1.54) is 20.4 Å². The van der Waals surface area contributed by atoms with E-state index < -0.39 is 0 Å². The van der Waals surface area contributed by atoms with Crippen molar-refractivity contribution in [1.82, 2.24) is 15.4 Å². The Labute approximate surface area is 174 Å². The van der Waals surface area contributed by atoms with Crippen molar-refractivity contribution in [3.63, 3.8) is 0 Å². The lowest BCUT2D eigenvalue weighted by atomic mass is 10.1. The average molecular weight is 406 g/mol. The standard InChI is InChI=1S/C22H22N4O4/c1-14-8-5-6-10-16(14)21(27)26-23-13-17-15(2)9-7-11-18(17)30-22-24-19(28-3)12-20(25-22)29-4/h5-13H,1-4H3,(H,26,27). The second-order valence-corrected chi connectivity index (χ2v) is 6.34. The van der Waals surface area contributed by atoms with Gasteiger partial charge in [0.15, 0.2) is 0 Å². The van der Waals surface area contributed by atoms with Gasteiger partial charge in [-0.25, -0.2) is 5.43 Å². The zero-order valence-electron chi connectivity index (χ0n) is 17.2. The van der Waals surface area contributed by atoms with Crippen LogP contribution in [0.3, 0.4) is 0 Å². The van der Waals surface area contributed by atoms with Crippen LogP contribution in [0.5, 0.6) is 23.5 Å². The van der Waals surface area contributed by atoms with Gasteiger partial charge in [0.1, 0.15) is 5.75 Å². The summed E-state index contributed by atoms with van der Waals surface area (Å²) in [6.07, 6.45) is 1.53. The largest absolute Gasteiger partial charge is 0.481 e. The molecule has 0 saturated carbocycles. The molecule has 1 N–H and O–H groups in total. The van der Waals surface area contributed by atoms with Gasteiger partial charge in [-0.05, 0) is 37.1 Å². The van der Waals surface area contributed by atoms with Gasteiger partial charge in [0, 0.05) is 11.1 Å². The van der Waals surface area contributed by atoms with Crippen LogP contribution >= 0.6 is 0 Å². The maximum Gasteiger partial charge on any atom is 0.328 e. The lowest BCUT2D eigenvalue weighted by molar-refractivity contribution is 0.0954. The molecule has 1 amide bonds. The summed E-state index contributed by atoms with van der Waals surface area (Å²) in [6, 6.07) is 14.4. The molecule has 0 aliphatic carbocycles. The van der Waals surface area contributed by atoms with Gasteiger partial charge in [0.2, 0.25) is 11.8 Å². The molecule has 0 spiro atoms. The summed E-state index contributed by atoms with van der Waals surface area (Å²) in [6.45, 7) is 3.78. The Kier molecular flexibility index (Phi) is 6.59. The van der Waals surface area contributed by atoms with Gasteiger partial charge in [-0.2, -0.15) is 15.1 Å². The molecule has 0 radical (unpaired) electrons.